The van der Waals surface area contributed by atoms with E-state index in [4.69, 9.17) is 9.97 Å². The first-order chi connectivity index (χ1) is 24.6. The standard InChI is InChI=1S/C32H31N2S.C15H28O2.Ir/c1-19(2)16-23-12-10-20-11-13-25-28-27(35-31(25)30(20)34-23)14-15-33-29(28)22-17-21-8-6-7-9-24(21)26(18-22)32(3,4)5;1-7-14(5,8-2)12(16)11-13(17)15(6,9-3)10-4;/h6-10,12,14-15,18-19H,11,13,16H2,1-5H3;11,16H,7-10H2,1-6H3;/q-1;;/b;12-11-;. The molecule has 0 saturated heterocycles. The van der Waals surface area contributed by atoms with Gasteiger partial charge < -0.3 is 5.11 Å². The van der Waals surface area contributed by atoms with Gasteiger partial charge in [-0.25, -0.2) is 0 Å². The van der Waals surface area contributed by atoms with Crippen LogP contribution in [0.25, 0.3) is 42.7 Å². The van der Waals surface area contributed by atoms with Gasteiger partial charge in [-0.3, -0.25) is 14.8 Å². The van der Waals surface area contributed by atoms with Crippen LogP contribution < -0.4 is 0 Å². The summed E-state index contributed by atoms with van der Waals surface area (Å²) < 4.78 is 1.29. The zero-order chi connectivity index (χ0) is 38.0. The fourth-order valence-corrected chi connectivity index (χ4v) is 8.39. The summed E-state index contributed by atoms with van der Waals surface area (Å²) >= 11 is 1.88. The van der Waals surface area contributed by atoms with Crippen molar-refractivity contribution in [3.8, 4) is 21.8 Å². The topological polar surface area (TPSA) is 63.1 Å². The van der Waals surface area contributed by atoms with Gasteiger partial charge in [-0.2, -0.15) is 0 Å². The van der Waals surface area contributed by atoms with E-state index in [0.29, 0.717) is 5.92 Å². The quantitative estimate of drug-likeness (QED) is 0.0861. The maximum Gasteiger partial charge on any atom is 0.164 e. The summed E-state index contributed by atoms with van der Waals surface area (Å²) in [6.45, 7) is 23.5. The van der Waals surface area contributed by atoms with E-state index < -0.39 is 0 Å². The number of aliphatic hydroxyl groups is 1. The monoisotopic (exact) mass is 908 g/mol. The van der Waals surface area contributed by atoms with Crippen molar-refractivity contribution in [1.29, 1.82) is 0 Å². The molecule has 0 saturated carbocycles. The van der Waals surface area contributed by atoms with Crippen molar-refractivity contribution < 1.29 is 30.0 Å². The fourth-order valence-electron chi connectivity index (χ4n) is 7.12. The molecule has 0 fully saturated rings. The Kier molecular flexibility index (Phi) is 13.7. The number of rotatable bonds is 10. The summed E-state index contributed by atoms with van der Waals surface area (Å²) in [4.78, 5) is 23.6. The van der Waals surface area contributed by atoms with Gasteiger partial charge in [0.1, 0.15) is 5.76 Å². The van der Waals surface area contributed by atoms with Crippen LogP contribution in [0.1, 0.15) is 124 Å². The van der Waals surface area contributed by atoms with Gasteiger partial charge in [0.25, 0.3) is 0 Å². The number of allylic oxidation sites excluding steroid dienone is 2. The van der Waals surface area contributed by atoms with Crippen LogP contribution in [0.5, 0.6) is 0 Å². The van der Waals surface area contributed by atoms with Crippen molar-refractivity contribution in [3.05, 3.63) is 95.0 Å². The molecule has 2 aromatic carbocycles. The molecule has 1 N–H and O–H groups in total. The third kappa shape index (κ3) is 8.87. The van der Waals surface area contributed by atoms with Crippen LogP contribution in [0.4, 0.5) is 0 Å². The maximum absolute atomic E-state index is 12.2. The third-order valence-electron chi connectivity index (χ3n) is 11.7. The average molecular weight is 908 g/mol. The number of pyridine rings is 2. The molecule has 1 aliphatic rings. The summed E-state index contributed by atoms with van der Waals surface area (Å²) in [5.41, 5.74) is 8.08. The zero-order valence-electron chi connectivity index (χ0n) is 33.8. The molecule has 0 spiro atoms. The van der Waals surface area contributed by atoms with Gasteiger partial charge in [-0.15, -0.1) is 40.5 Å². The van der Waals surface area contributed by atoms with Crippen molar-refractivity contribution in [2.75, 3.05) is 0 Å². The number of aliphatic hydroxyl groups excluding tert-OH is 1. The van der Waals surface area contributed by atoms with E-state index >= 15 is 0 Å². The SMILES string of the molecule is CC(C)Cc1ccc2c(n1)-c1sc3ccnc(-c4[c-]c5ccccc5c(C(C)(C)C)c4)c3c1CC2.CCC(C)(CC)C(=O)/C=C(\O)C(C)(CC)CC.[Ir]. The number of hydrogen-bond donors (Lipinski definition) is 1. The van der Waals surface area contributed by atoms with Gasteiger partial charge in [0.2, 0.25) is 0 Å². The van der Waals surface area contributed by atoms with Crippen molar-refractivity contribution in [3.63, 3.8) is 0 Å². The summed E-state index contributed by atoms with van der Waals surface area (Å²) in [5.74, 6) is 0.885. The van der Waals surface area contributed by atoms with Gasteiger partial charge in [-0.1, -0.05) is 111 Å². The van der Waals surface area contributed by atoms with Gasteiger partial charge in [0.15, 0.2) is 5.78 Å². The van der Waals surface area contributed by atoms with Crippen molar-refractivity contribution in [2.45, 2.75) is 127 Å². The molecule has 3 aromatic heterocycles. The van der Waals surface area contributed by atoms with E-state index in [9.17, 15) is 9.90 Å². The van der Waals surface area contributed by atoms with Gasteiger partial charge in [0, 0.05) is 59.3 Å². The van der Waals surface area contributed by atoms with E-state index in [1.807, 2.05) is 59.1 Å². The molecule has 1 radical (unpaired) electrons. The number of nitrogens with zero attached hydrogens (tertiary/aromatic N) is 2. The number of thiophene rings is 1. The van der Waals surface area contributed by atoms with E-state index in [-0.39, 0.29) is 47.9 Å². The minimum absolute atomic E-state index is 0. The van der Waals surface area contributed by atoms with E-state index in [2.05, 4.69) is 89.2 Å². The molecule has 5 aromatic rings. The Morgan fingerprint density at radius 3 is 2.19 bits per heavy atom. The molecule has 0 unspecified atom stereocenters. The maximum atomic E-state index is 12.2. The van der Waals surface area contributed by atoms with Crippen molar-refractivity contribution in [1.82, 2.24) is 9.97 Å². The van der Waals surface area contributed by atoms with E-state index in [0.717, 1.165) is 61.6 Å². The van der Waals surface area contributed by atoms with Crippen LogP contribution in [-0.2, 0) is 49.6 Å². The molecule has 6 rings (SSSR count). The second kappa shape index (κ2) is 17.1. The molecule has 285 valence electrons. The van der Waals surface area contributed by atoms with Crippen LogP contribution in [0.2, 0.25) is 0 Å². The number of carbonyl (C=O) groups excluding carboxylic acids is 1. The number of hydrogen-bond acceptors (Lipinski definition) is 5. The number of ketones is 1. The predicted octanol–water partition coefficient (Wildman–Crippen LogP) is 13.2. The molecule has 3 heterocycles. The molecule has 1 aliphatic carbocycles. The van der Waals surface area contributed by atoms with Crippen LogP contribution >= 0.6 is 11.3 Å². The van der Waals surface area contributed by atoms with Crippen LogP contribution in [-0.4, -0.2) is 20.9 Å². The predicted molar refractivity (Wildman–Crippen MR) is 222 cm³/mol. The smallest absolute Gasteiger partial charge is 0.164 e. The molecule has 0 aliphatic heterocycles. The average Bonchev–Trinajstić information content (AvgIpc) is 3.53. The van der Waals surface area contributed by atoms with E-state index in [1.165, 1.54) is 54.5 Å². The van der Waals surface area contributed by atoms with Crippen LogP contribution in [0, 0.1) is 22.8 Å². The number of aromatic nitrogens is 2. The molecule has 0 amide bonds. The Bertz CT molecular complexity index is 2090. The summed E-state index contributed by atoms with van der Waals surface area (Å²) in [5, 5.41) is 13.9. The van der Waals surface area contributed by atoms with Gasteiger partial charge >= 0.3 is 0 Å². The number of benzene rings is 2. The van der Waals surface area contributed by atoms with Crippen molar-refractivity contribution >= 4 is 38.0 Å². The summed E-state index contributed by atoms with van der Waals surface area (Å²) in [6.07, 6.45) is 9.80. The molecule has 6 heteroatoms. The molecular weight excluding hydrogens is 849 g/mol. The molecule has 53 heavy (non-hydrogen) atoms. The minimum atomic E-state index is -0.337. The van der Waals surface area contributed by atoms with E-state index in [1.54, 1.807) is 0 Å². The molecular formula is C47H59IrN2O2S-. The zero-order valence-corrected chi connectivity index (χ0v) is 37.0. The number of fused-ring (bicyclic) bond motifs is 6. The first-order valence-corrected chi connectivity index (χ1v) is 20.2. The Morgan fingerprint density at radius 1 is 0.906 bits per heavy atom. The molecule has 0 atom stereocenters. The second-order valence-electron chi connectivity index (χ2n) is 16.7. The first-order valence-electron chi connectivity index (χ1n) is 19.4. The third-order valence-corrected chi connectivity index (χ3v) is 12.9. The Hall–Kier alpha value is -3.18. The van der Waals surface area contributed by atoms with Gasteiger partial charge in [0.05, 0.1) is 10.6 Å². The first kappa shape index (κ1) is 42.6. The Labute approximate surface area is 336 Å². The second-order valence-corrected chi connectivity index (χ2v) is 17.7. The fraction of sp³-hybridized carbons (Fsp3) is 0.468. The summed E-state index contributed by atoms with van der Waals surface area (Å²) in [6, 6.07) is 21.4. The Balaban J connectivity index is 0.000000299. The number of carbonyl (C=O) groups is 1. The molecule has 0 bridgehead atoms. The minimum Gasteiger partial charge on any atom is -0.512 e. The largest absolute Gasteiger partial charge is 0.512 e. The Morgan fingerprint density at radius 2 is 1.57 bits per heavy atom. The van der Waals surface area contributed by atoms with Crippen molar-refractivity contribution in [2.24, 2.45) is 16.7 Å². The molecule has 4 nitrogen and oxygen atoms in total. The van der Waals surface area contributed by atoms with Gasteiger partial charge in [-0.05, 0) is 84.9 Å². The number of aryl methyl sites for hydroxylation is 2. The summed E-state index contributed by atoms with van der Waals surface area (Å²) in [7, 11) is 0. The van der Waals surface area contributed by atoms with Crippen LogP contribution in [0.3, 0.4) is 0 Å². The normalized spacial score (nSPS) is 13.3. The van der Waals surface area contributed by atoms with Crippen LogP contribution in [0.15, 0.2) is 66.6 Å².